The molecule has 0 saturated heterocycles. The predicted octanol–water partition coefficient (Wildman–Crippen LogP) is 1.79. The highest BCUT2D eigenvalue weighted by atomic mass is 16.4. The summed E-state index contributed by atoms with van der Waals surface area (Å²) in [7, 11) is 3.41. The number of amides is 1. The molecule has 25 heavy (non-hydrogen) atoms. The lowest BCUT2D eigenvalue weighted by atomic mass is 10.1. The lowest BCUT2D eigenvalue weighted by Crippen LogP contribution is -2.38. The maximum atomic E-state index is 11.6. The maximum Gasteiger partial charge on any atom is 0.243 e. The molecule has 1 heterocycles. The molecule has 0 aliphatic carbocycles. The molecule has 0 fully saturated rings. The summed E-state index contributed by atoms with van der Waals surface area (Å²) in [6.07, 6.45) is 1.71. The molecule has 0 radical (unpaired) electrons. The van der Waals surface area contributed by atoms with E-state index in [4.69, 9.17) is 4.42 Å². The van der Waals surface area contributed by atoms with Gasteiger partial charge in [0.15, 0.2) is 11.7 Å². The smallest absolute Gasteiger partial charge is 0.243 e. The second-order valence-electron chi connectivity index (χ2n) is 5.82. The van der Waals surface area contributed by atoms with Crippen molar-refractivity contribution in [2.24, 2.45) is 4.99 Å². The van der Waals surface area contributed by atoms with Gasteiger partial charge in [0.1, 0.15) is 6.54 Å². The highest BCUT2D eigenvalue weighted by Crippen LogP contribution is 2.20. The van der Waals surface area contributed by atoms with E-state index >= 15 is 0 Å². The molecule has 0 spiro atoms. The Morgan fingerprint density at radius 2 is 1.96 bits per heavy atom. The third-order valence-electron chi connectivity index (χ3n) is 3.51. The van der Waals surface area contributed by atoms with Crippen molar-refractivity contribution in [2.75, 3.05) is 27.2 Å². The summed E-state index contributed by atoms with van der Waals surface area (Å²) in [4.78, 5) is 21.7. The molecule has 0 aliphatic rings. The number of hydrogen-bond acceptors (Lipinski definition) is 4. The first-order valence-electron chi connectivity index (χ1n) is 8.23. The number of carbonyl (C=O) groups is 1. The summed E-state index contributed by atoms with van der Waals surface area (Å²) >= 11 is 0. The highest BCUT2D eigenvalue weighted by molar-refractivity contribution is 5.84. The van der Waals surface area contributed by atoms with Crippen LogP contribution < -0.4 is 10.6 Å². The fourth-order valence-corrected chi connectivity index (χ4v) is 2.03. The van der Waals surface area contributed by atoms with Gasteiger partial charge in [-0.15, -0.1) is 0 Å². The van der Waals surface area contributed by atoms with Crippen LogP contribution in [-0.4, -0.2) is 48.9 Å². The van der Waals surface area contributed by atoms with Crippen molar-refractivity contribution < 1.29 is 9.21 Å². The molecule has 0 saturated carbocycles. The summed E-state index contributed by atoms with van der Waals surface area (Å²) in [6, 6.07) is 8.08. The van der Waals surface area contributed by atoms with Crippen molar-refractivity contribution in [2.45, 2.75) is 20.4 Å². The van der Waals surface area contributed by atoms with Gasteiger partial charge in [-0.25, -0.2) is 9.98 Å². The van der Waals surface area contributed by atoms with Crippen molar-refractivity contribution >= 4 is 11.9 Å². The van der Waals surface area contributed by atoms with E-state index in [1.807, 2.05) is 38.1 Å². The maximum absolute atomic E-state index is 11.6. The van der Waals surface area contributed by atoms with Gasteiger partial charge in [0.05, 0.1) is 12.7 Å². The number of oxazole rings is 1. The van der Waals surface area contributed by atoms with Crippen LogP contribution in [0.4, 0.5) is 0 Å². The molecular weight excluding hydrogens is 318 g/mol. The molecule has 1 aromatic carbocycles. The summed E-state index contributed by atoms with van der Waals surface area (Å²) in [5.74, 6) is 1.77. The minimum Gasteiger partial charge on any atom is -0.439 e. The molecule has 7 nitrogen and oxygen atoms in total. The molecule has 1 aromatic heterocycles. The Balaban J connectivity index is 1.97. The lowest BCUT2D eigenvalue weighted by Gasteiger charge is -2.11. The first kappa shape index (κ1) is 18.5. The average Bonchev–Trinajstić information content (AvgIpc) is 3.06. The van der Waals surface area contributed by atoms with Gasteiger partial charge < -0.3 is 20.0 Å². The summed E-state index contributed by atoms with van der Waals surface area (Å²) in [5.41, 5.74) is 2.19. The largest absolute Gasteiger partial charge is 0.439 e. The van der Waals surface area contributed by atoms with E-state index in [0.29, 0.717) is 24.9 Å². The topological polar surface area (TPSA) is 82.8 Å². The SMILES string of the molecule is CCNC(=NCC(=O)N(C)C)NCc1ncc(-c2ccc(C)cc2)o1. The molecule has 2 aromatic rings. The third kappa shape index (κ3) is 5.63. The quantitative estimate of drug-likeness (QED) is 0.617. The van der Waals surface area contributed by atoms with Crippen LogP contribution in [0.5, 0.6) is 0 Å². The van der Waals surface area contributed by atoms with Crippen molar-refractivity contribution in [3.05, 3.63) is 41.9 Å². The first-order chi connectivity index (χ1) is 12.0. The minimum atomic E-state index is -0.0602. The van der Waals surface area contributed by atoms with Crippen LogP contribution in [0, 0.1) is 6.92 Å². The Morgan fingerprint density at radius 3 is 2.60 bits per heavy atom. The van der Waals surface area contributed by atoms with Crippen molar-refractivity contribution in [1.82, 2.24) is 20.5 Å². The van der Waals surface area contributed by atoms with E-state index in [1.54, 1.807) is 20.3 Å². The van der Waals surface area contributed by atoms with E-state index in [1.165, 1.54) is 10.5 Å². The molecule has 0 bridgehead atoms. The Hall–Kier alpha value is -2.83. The average molecular weight is 343 g/mol. The zero-order valence-corrected chi connectivity index (χ0v) is 15.2. The van der Waals surface area contributed by atoms with E-state index in [0.717, 1.165) is 11.3 Å². The van der Waals surface area contributed by atoms with Crippen LogP contribution in [0.3, 0.4) is 0 Å². The third-order valence-corrected chi connectivity index (χ3v) is 3.51. The molecule has 2 rings (SSSR count). The number of likely N-dealkylation sites (N-methyl/N-ethyl adjacent to an activating group) is 1. The van der Waals surface area contributed by atoms with Crippen LogP contribution in [0.15, 0.2) is 39.9 Å². The first-order valence-corrected chi connectivity index (χ1v) is 8.23. The summed E-state index contributed by atoms with van der Waals surface area (Å²) in [5, 5.41) is 6.21. The fourth-order valence-electron chi connectivity index (χ4n) is 2.03. The van der Waals surface area contributed by atoms with Crippen LogP contribution in [0.2, 0.25) is 0 Å². The zero-order valence-electron chi connectivity index (χ0n) is 15.2. The predicted molar refractivity (Wildman–Crippen MR) is 98.2 cm³/mol. The standard InChI is InChI=1S/C18H25N5O2/c1-5-19-18(22-12-17(24)23(3)4)21-11-16-20-10-15(25-16)14-8-6-13(2)7-9-14/h6-10H,5,11-12H2,1-4H3,(H2,19,21,22). The number of nitrogens with zero attached hydrogens (tertiary/aromatic N) is 3. The number of nitrogens with one attached hydrogen (secondary N) is 2. The molecule has 0 aliphatic heterocycles. The highest BCUT2D eigenvalue weighted by Gasteiger charge is 2.08. The van der Waals surface area contributed by atoms with Crippen molar-refractivity contribution in [1.29, 1.82) is 0 Å². The normalized spacial score (nSPS) is 11.3. The van der Waals surface area contributed by atoms with Crippen molar-refractivity contribution in [3.63, 3.8) is 0 Å². The summed E-state index contributed by atoms with van der Waals surface area (Å²) < 4.78 is 5.77. The molecule has 134 valence electrons. The molecular formula is C18H25N5O2. The molecule has 0 atom stereocenters. The second-order valence-corrected chi connectivity index (χ2v) is 5.82. The van der Waals surface area contributed by atoms with Crippen LogP contribution in [0.25, 0.3) is 11.3 Å². The second kappa shape index (κ2) is 8.86. The Labute approximate surface area is 148 Å². The number of aliphatic imine (C=N–C) groups is 1. The van der Waals surface area contributed by atoms with Gasteiger partial charge in [0, 0.05) is 26.2 Å². The van der Waals surface area contributed by atoms with Gasteiger partial charge in [0.25, 0.3) is 0 Å². The number of aromatic nitrogens is 1. The Morgan fingerprint density at radius 1 is 1.24 bits per heavy atom. The Kier molecular flexibility index (Phi) is 6.56. The number of aryl methyl sites for hydroxylation is 1. The molecule has 0 unspecified atom stereocenters. The van der Waals surface area contributed by atoms with Crippen LogP contribution in [-0.2, 0) is 11.3 Å². The molecule has 7 heteroatoms. The van der Waals surface area contributed by atoms with E-state index in [9.17, 15) is 4.79 Å². The zero-order chi connectivity index (χ0) is 18.2. The fraction of sp³-hybridized carbons (Fsp3) is 0.389. The molecule has 2 N–H and O–H groups in total. The number of rotatable bonds is 6. The lowest BCUT2D eigenvalue weighted by molar-refractivity contribution is -0.127. The number of guanidine groups is 1. The molecule has 1 amide bonds. The Bertz CT molecular complexity index is 719. The van der Waals surface area contributed by atoms with Gasteiger partial charge in [-0.2, -0.15) is 0 Å². The van der Waals surface area contributed by atoms with Crippen LogP contribution in [0.1, 0.15) is 18.4 Å². The van der Waals surface area contributed by atoms with Crippen molar-refractivity contribution in [3.8, 4) is 11.3 Å². The van der Waals surface area contributed by atoms with Gasteiger partial charge in [-0.1, -0.05) is 29.8 Å². The van der Waals surface area contributed by atoms with Gasteiger partial charge in [-0.05, 0) is 13.8 Å². The number of hydrogen-bond donors (Lipinski definition) is 2. The number of carbonyl (C=O) groups excluding carboxylic acids is 1. The van der Waals surface area contributed by atoms with E-state index in [-0.39, 0.29) is 12.5 Å². The van der Waals surface area contributed by atoms with Crippen LogP contribution >= 0.6 is 0 Å². The number of benzene rings is 1. The minimum absolute atomic E-state index is 0.0602. The van der Waals surface area contributed by atoms with E-state index < -0.39 is 0 Å². The van der Waals surface area contributed by atoms with Gasteiger partial charge in [0.2, 0.25) is 11.8 Å². The monoisotopic (exact) mass is 343 g/mol. The summed E-state index contributed by atoms with van der Waals surface area (Å²) in [6.45, 7) is 5.17. The van der Waals surface area contributed by atoms with Gasteiger partial charge >= 0.3 is 0 Å². The van der Waals surface area contributed by atoms with Gasteiger partial charge in [-0.3, -0.25) is 4.79 Å². The van der Waals surface area contributed by atoms with E-state index in [2.05, 4.69) is 20.6 Å².